The van der Waals surface area contributed by atoms with Crippen molar-refractivity contribution < 1.29 is 28.6 Å². The van der Waals surface area contributed by atoms with Gasteiger partial charge in [-0.15, -0.1) is 0 Å². The van der Waals surface area contributed by atoms with Crippen LogP contribution >= 0.6 is 0 Å². The maximum atomic E-state index is 12.8. The van der Waals surface area contributed by atoms with E-state index in [9.17, 15) is 14.4 Å². The molecule has 6 heteroatoms. The molecule has 0 aromatic rings. The highest BCUT2D eigenvalue weighted by atomic mass is 16.6. The Morgan fingerprint density at radius 3 is 0.787 bits per heavy atom. The van der Waals surface area contributed by atoms with E-state index in [1.807, 2.05) is 0 Å². The van der Waals surface area contributed by atoms with Gasteiger partial charge in [-0.05, 0) is 109 Å². The second kappa shape index (κ2) is 63.6. The van der Waals surface area contributed by atoms with Crippen molar-refractivity contribution in [3.63, 3.8) is 0 Å². The van der Waals surface area contributed by atoms with Crippen molar-refractivity contribution in [1.29, 1.82) is 0 Å². The Morgan fingerprint density at radius 1 is 0.267 bits per heavy atom. The number of esters is 3. The molecule has 0 spiro atoms. The van der Waals surface area contributed by atoms with Gasteiger partial charge in [0.05, 0.1) is 0 Å². The van der Waals surface area contributed by atoms with Crippen molar-refractivity contribution in [3.05, 3.63) is 60.8 Å². The Bertz CT molecular complexity index is 1340. The van der Waals surface area contributed by atoms with Crippen LogP contribution in [0.2, 0.25) is 0 Å². The first-order valence-corrected chi connectivity index (χ1v) is 32.8. The van der Waals surface area contributed by atoms with Crippen LogP contribution in [0, 0.1) is 0 Å². The molecule has 0 fully saturated rings. The summed E-state index contributed by atoms with van der Waals surface area (Å²) < 4.78 is 16.9. The fraction of sp³-hybridized carbons (Fsp3) is 0.812. The number of allylic oxidation sites excluding steroid dienone is 10. The van der Waals surface area contributed by atoms with E-state index in [1.54, 1.807) is 0 Å². The number of hydrogen-bond donors (Lipinski definition) is 0. The molecule has 75 heavy (non-hydrogen) atoms. The maximum absolute atomic E-state index is 12.8. The Hall–Kier alpha value is -2.89. The molecule has 0 saturated heterocycles. The largest absolute Gasteiger partial charge is 0.462 e. The first-order valence-electron chi connectivity index (χ1n) is 32.8. The van der Waals surface area contributed by atoms with Crippen LogP contribution in [-0.4, -0.2) is 37.2 Å². The van der Waals surface area contributed by atoms with E-state index in [-0.39, 0.29) is 31.1 Å². The van der Waals surface area contributed by atoms with Crippen molar-refractivity contribution in [2.45, 2.75) is 348 Å². The highest BCUT2D eigenvalue weighted by molar-refractivity contribution is 5.71. The van der Waals surface area contributed by atoms with E-state index in [0.29, 0.717) is 19.3 Å². The topological polar surface area (TPSA) is 78.9 Å². The number of hydrogen-bond acceptors (Lipinski definition) is 6. The molecule has 0 saturated carbocycles. The van der Waals surface area contributed by atoms with E-state index in [0.717, 1.165) is 89.9 Å². The molecule has 0 aromatic heterocycles. The van der Waals surface area contributed by atoms with Crippen molar-refractivity contribution >= 4 is 17.9 Å². The van der Waals surface area contributed by atoms with E-state index >= 15 is 0 Å². The molecule has 0 rings (SSSR count). The van der Waals surface area contributed by atoms with Crippen LogP contribution in [0.5, 0.6) is 0 Å². The lowest BCUT2D eigenvalue weighted by Crippen LogP contribution is -2.30. The van der Waals surface area contributed by atoms with E-state index < -0.39 is 6.10 Å². The van der Waals surface area contributed by atoms with Crippen LogP contribution < -0.4 is 0 Å². The summed E-state index contributed by atoms with van der Waals surface area (Å²) in [5.41, 5.74) is 0. The second-order valence-corrected chi connectivity index (χ2v) is 22.0. The summed E-state index contributed by atoms with van der Waals surface area (Å²) in [6.07, 6.45) is 81.1. The Morgan fingerprint density at radius 2 is 0.480 bits per heavy atom. The standard InChI is InChI=1S/C69H124O6/c1-4-7-10-13-16-19-22-25-26-27-28-29-30-31-32-33-34-35-36-37-38-39-40-41-42-43-44-45-48-50-53-56-59-62-68(71)74-65-66(75-69(72)63-60-57-54-51-47-24-21-18-15-12-9-6-3)64-73-67(70)61-58-55-52-49-46-23-20-17-14-11-8-5-2/h17-18,20-22,25,27-28,30-31,66H,4-16,19,23-24,26,29,32-65H2,1-3H3/b20-17-,21-18-,25-22-,28-27-,31-30-. The summed E-state index contributed by atoms with van der Waals surface area (Å²) in [5.74, 6) is -0.882. The average molecular weight is 1050 g/mol. The van der Waals surface area contributed by atoms with Gasteiger partial charge in [-0.3, -0.25) is 14.4 Å². The number of carbonyl (C=O) groups is 3. The monoisotopic (exact) mass is 1050 g/mol. The van der Waals surface area contributed by atoms with Gasteiger partial charge in [0.25, 0.3) is 0 Å². The molecule has 0 aromatic carbocycles. The molecule has 0 radical (unpaired) electrons. The molecule has 1 unspecified atom stereocenters. The van der Waals surface area contributed by atoms with E-state index in [4.69, 9.17) is 14.2 Å². The van der Waals surface area contributed by atoms with Crippen LogP contribution in [0.25, 0.3) is 0 Å². The molecule has 0 N–H and O–H groups in total. The zero-order chi connectivity index (χ0) is 54.3. The lowest BCUT2D eigenvalue weighted by atomic mass is 10.0. The van der Waals surface area contributed by atoms with Gasteiger partial charge in [0.15, 0.2) is 6.10 Å². The third-order valence-corrected chi connectivity index (χ3v) is 14.5. The van der Waals surface area contributed by atoms with Crippen molar-refractivity contribution in [1.82, 2.24) is 0 Å². The predicted octanol–water partition coefficient (Wildman–Crippen LogP) is 22.3. The first kappa shape index (κ1) is 72.1. The molecule has 0 aliphatic carbocycles. The summed E-state index contributed by atoms with van der Waals surface area (Å²) in [5, 5.41) is 0. The zero-order valence-corrected chi connectivity index (χ0v) is 50.1. The third-order valence-electron chi connectivity index (χ3n) is 14.5. The highest BCUT2D eigenvalue weighted by Crippen LogP contribution is 2.17. The summed E-state index contributed by atoms with van der Waals surface area (Å²) in [4.78, 5) is 38.1. The van der Waals surface area contributed by atoms with Gasteiger partial charge in [0, 0.05) is 19.3 Å². The van der Waals surface area contributed by atoms with Gasteiger partial charge in [-0.25, -0.2) is 0 Å². The number of carbonyl (C=O) groups excluding carboxylic acids is 3. The van der Waals surface area contributed by atoms with Crippen molar-refractivity contribution in [2.24, 2.45) is 0 Å². The minimum absolute atomic E-state index is 0.0770. The lowest BCUT2D eigenvalue weighted by molar-refractivity contribution is -0.167. The van der Waals surface area contributed by atoms with Crippen molar-refractivity contribution in [3.8, 4) is 0 Å². The Labute approximate surface area is 466 Å². The fourth-order valence-electron chi connectivity index (χ4n) is 9.50. The lowest BCUT2D eigenvalue weighted by Gasteiger charge is -2.18. The number of unbranched alkanes of at least 4 members (excludes halogenated alkanes) is 39. The summed E-state index contributed by atoms with van der Waals surface area (Å²) in [7, 11) is 0. The summed E-state index contributed by atoms with van der Waals surface area (Å²) in [6.45, 7) is 6.60. The quantitative estimate of drug-likeness (QED) is 0.0261. The molecule has 0 heterocycles. The van der Waals surface area contributed by atoms with Crippen molar-refractivity contribution in [2.75, 3.05) is 13.2 Å². The van der Waals surface area contributed by atoms with Gasteiger partial charge in [0.1, 0.15) is 13.2 Å². The van der Waals surface area contributed by atoms with Gasteiger partial charge in [-0.1, -0.05) is 274 Å². The minimum atomic E-state index is -0.779. The molecular formula is C69H124O6. The van der Waals surface area contributed by atoms with Gasteiger partial charge < -0.3 is 14.2 Å². The first-order chi connectivity index (χ1) is 37.0. The van der Waals surface area contributed by atoms with Crippen LogP contribution in [0.3, 0.4) is 0 Å². The van der Waals surface area contributed by atoms with Crippen LogP contribution in [-0.2, 0) is 28.6 Å². The molecule has 0 aliphatic heterocycles. The molecule has 0 aliphatic rings. The minimum Gasteiger partial charge on any atom is -0.462 e. The normalized spacial score (nSPS) is 12.4. The number of ether oxygens (including phenoxy) is 3. The SMILES string of the molecule is CCCCC/C=C\CCCCCCCC(=O)OCC(COC(=O)CCCCCCCCCCCCCCCCCCCC/C=C\C/C=C\C/C=C\CCCCCCC)OC(=O)CCCCCCC/C=C\CCCCC. The fourth-order valence-corrected chi connectivity index (χ4v) is 9.50. The average Bonchev–Trinajstić information content (AvgIpc) is 3.41. The molecule has 436 valence electrons. The third kappa shape index (κ3) is 61.8. The zero-order valence-electron chi connectivity index (χ0n) is 50.1. The van der Waals surface area contributed by atoms with E-state index in [1.165, 1.54) is 212 Å². The number of rotatable bonds is 60. The van der Waals surface area contributed by atoms with E-state index in [2.05, 4.69) is 81.5 Å². The summed E-state index contributed by atoms with van der Waals surface area (Å²) in [6, 6.07) is 0. The second-order valence-electron chi connectivity index (χ2n) is 22.0. The molecule has 0 amide bonds. The maximum Gasteiger partial charge on any atom is 0.306 e. The Balaban J connectivity index is 4.06. The van der Waals surface area contributed by atoms with Gasteiger partial charge in [0.2, 0.25) is 0 Å². The molecular weight excluding hydrogens is 925 g/mol. The molecule has 6 nitrogen and oxygen atoms in total. The van der Waals surface area contributed by atoms with Crippen LogP contribution in [0.1, 0.15) is 342 Å². The molecule has 0 bridgehead atoms. The smallest absolute Gasteiger partial charge is 0.306 e. The summed E-state index contributed by atoms with van der Waals surface area (Å²) >= 11 is 0. The molecule has 1 atom stereocenters. The van der Waals surface area contributed by atoms with Crippen LogP contribution in [0.15, 0.2) is 60.8 Å². The van der Waals surface area contributed by atoms with Gasteiger partial charge >= 0.3 is 17.9 Å². The highest BCUT2D eigenvalue weighted by Gasteiger charge is 2.19. The predicted molar refractivity (Wildman–Crippen MR) is 325 cm³/mol. The Kier molecular flexibility index (Phi) is 61.2. The van der Waals surface area contributed by atoms with Gasteiger partial charge in [-0.2, -0.15) is 0 Å². The van der Waals surface area contributed by atoms with Crippen LogP contribution in [0.4, 0.5) is 0 Å².